The Hall–Kier alpha value is -3.19. The maximum Gasteiger partial charge on any atom is 0.272 e. The molecule has 0 atom stereocenters. The van der Waals surface area contributed by atoms with Crippen molar-refractivity contribution < 1.29 is 5.48 Å². The summed E-state index contributed by atoms with van der Waals surface area (Å²) in [4.78, 5) is 37.3. The van der Waals surface area contributed by atoms with Crippen molar-refractivity contribution in [2.75, 3.05) is 0 Å². The van der Waals surface area contributed by atoms with Gasteiger partial charge in [0.25, 0.3) is 11.1 Å². The van der Waals surface area contributed by atoms with Crippen LogP contribution in [0, 0.1) is 0 Å². The highest BCUT2D eigenvalue weighted by atomic mass is 16.1. The highest BCUT2D eigenvalue weighted by molar-refractivity contribution is 5.49. The predicted molar refractivity (Wildman–Crippen MR) is 101 cm³/mol. The van der Waals surface area contributed by atoms with E-state index in [1.54, 1.807) is 18.5 Å². The van der Waals surface area contributed by atoms with Gasteiger partial charge in [0.1, 0.15) is 10.7 Å². The quantitative estimate of drug-likeness (QED) is 0.595. The Labute approximate surface area is 149 Å². The van der Waals surface area contributed by atoms with E-state index >= 15 is 0 Å². The molecule has 7 heteroatoms. The highest BCUT2D eigenvalue weighted by Gasteiger charge is 2.19. The van der Waals surface area contributed by atoms with E-state index in [-0.39, 0.29) is 32.7 Å². The Morgan fingerprint density at radius 2 is 1.50 bits per heavy atom. The van der Waals surface area contributed by atoms with Crippen molar-refractivity contribution in [3.63, 3.8) is 0 Å². The molecule has 1 aromatic carbocycles. The van der Waals surface area contributed by atoms with Crippen molar-refractivity contribution >= 4 is 12.2 Å². The molecule has 3 aromatic rings. The first kappa shape index (κ1) is 19.1. The number of benzene rings is 1. The standard InChI is InChI=1S/C19H20N4O2.H2O/c1-19(2,3)16-13(20-11-21-16)10-15-18(25)22-14(17(24)23-15)9-12-7-5-4-6-8-12;/h4-11H,1-3H3,(H,20,21)(H,22,25)(H,23,24);1H2. The first-order valence-electron chi connectivity index (χ1n) is 7.99. The SMILES string of the molecule is CC(C)(C)c1[nH]cnc1C=c1[nH]c(=O)c(=Cc2ccccc2)[nH]c1=O.O. The van der Waals surface area contributed by atoms with Gasteiger partial charge in [-0.05, 0) is 17.7 Å². The Morgan fingerprint density at radius 1 is 0.923 bits per heavy atom. The molecule has 2 aromatic heterocycles. The van der Waals surface area contributed by atoms with Crippen molar-refractivity contribution in [2.24, 2.45) is 0 Å². The van der Waals surface area contributed by atoms with Crippen LogP contribution in [-0.4, -0.2) is 25.4 Å². The lowest BCUT2D eigenvalue weighted by Gasteiger charge is -2.16. The second kappa shape index (κ2) is 7.37. The Kier molecular flexibility index (Phi) is 5.42. The van der Waals surface area contributed by atoms with Gasteiger partial charge in [-0.25, -0.2) is 4.98 Å². The second-order valence-electron chi connectivity index (χ2n) is 6.85. The summed E-state index contributed by atoms with van der Waals surface area (Å²) in [6.07, 6.45) is 4.80. The van der Waals surface area contributed by atoms with Crippen LogP contribution in [0.1, 0.15) is 37.7 Å². The number of rotatable bonds is 2. The molecule has 26 heavy (non-hydrogen) atoms. The van der Waals surface area contributed by atoms with Gasteiger partial charge in [0.2, 0.25) is 0 Å². The fourth-order valence-corrected chi connectivity index (χ4v) is 2.56. The van der Waals surface area contributed by atoms with Gasteiger partial charge < -0.3 is 20.4 Å². The largest absolute Gasteiger partial charge is 0.412 e. The van der Waals surface area contributed by atoms with Crippen molar-refractivity contribution in [1.29, 1.82) is 0 Å². The molecule has 136 valence electrons. The molecule has 2 heterocycles. The smallest absolute Gasteiger partial charge is 0.272 e. The van der Waals surface area contributed by atoms with E-state index in [9.17, 15) is 9.59 Å². The topological polar surface area (TPSA) is 126 Å². The number of nitrogens with one attached hydrogen (secondary N) is 3. The lowest BCUT2D eigenvalue weighted by atomic mass is 9.90. The van der Waals surface area contributed by atoms with Crippen molar-refractivity contribution in [2.45, 2.75) is 26.2 Å². The molecule has 7 nitrogen and oxygen atoms in total. The van der Waals surface area contributed by atoms with Gasteiger partial charge in [-0.15, -0.1) is 0 Å². The van der Waals surface area contributed by atoms with Gasteiger partial charge >= 0.3 is 0 Å². The summed E-state index contributed by atoms with van der Waals surface area (Å²) in [5, 5.41) is 0.388. The molecule has 0 radical (unpaired) electrons. The summed E-state index contributed by atoms with van der Waals surface area (Å²) in [5.41, 5.74) is 1.48. The zero-order valence-corrected chi connectivity index (χ0v) is 14.9. The number of hydrogen-bond acceptors (Lipinski definition) is 3. The fourth-order valence-electron chi connectivity index (χ4n) is 2.56. The molecule has 3 rings (SSSR count). The van der Waals surface area contributed by atoms with Gasteiger partial charge in [0.15, 0.2) is 0 Å². The van der Waals surface area contributed by atoms with E-state index in [2.05, 4.69) is 19.9 Å². The molecule has 0 spiro atoms. The molecule has 5 N–H and O–H groups in total. The van der Waals surface area contributed by atoms with Gasteiger partial charge in [0, 0.05) is 11.1 Å². The number of aromatic nitrogens is 4. The van der Waals surface area contributed by atoms with Crippen molar-refractivity contribution in [1.82, 2.24) is 19.9 Å². The van der Waals surface area contributed by atoms with Crippen molar-refractivity contribution in [3.05, 3.63) is 85.0 Å². The number of aromatic amines is 3. The van der Waals surface area contributed by atoms with Crippen LogP contribution in [0.4, 0.5) is 0 Å². The van der Waals surface area contributed by atoms with Gasteiger partial charge in [-0.2, -0.15) is 0 Å². The van der Waals surface area contributed by atoms with Crippen LogP contribution in [0.25, 0.3) is 12.2 Å². The van der Waals surface area contributed by atoms with E-state index in [4.69, 9.17) is 0 Å². The summed E-state index contributed by atoms with van der Waals surface area (Å²) >= 11 is 0. The summed E-state index contributed by atoms with van der Waals surface area (Å²) in [7, 11) is 0. The van der Waals surface area contributed by atoms with Gasteiger partial charge in [0.05, 0.1) is 12.0 Å². The third-order valence-corrected chi connectivity index (χ3v) is 3.80. The minimum atomic E-state index is -0.371. The predicted octanol–water partition coefficient (Wildman–Crippen LogP) is -0.0833. The molecule has 0 aliphatic rings. The molecular weight excluding hydrogens is 332 g/mol. The zero-order chi connectivity index (χ0) is 18.0. The first-order chi connectivity index (χ1) is 11.8. The van der Waals surface area contributed by atoms with Gasteiger partial charge in [-0.1, -0.05) is 51.1 Å². The summed E-state index contributed by atoms with van der Waals surface area (Å²) in [6.45, 7) is 6.13. The molecule has 0 saturated carbocycles. The van der Waals surface area contributed by atoms with Crippen LogP contribution in [-0.2, 0) is 5.41 Å². The molecule has 0 unspecified atom stereocenters. The molecule has 0 aliphatic heterocycles. The molecular formula is C19H22N4O3. The molecule has 0 fully saturated rings. The monoisotopic (exact) mass is 354 g/mol. The Bertz CT molecular complexity index is 1120. The summed E-state index contributed by atoms with van der Waals surface area (Å²) in [6, 6.07) is 9.34. The van der Waals surface area contributed by atoms with E-state index < -0.39 is 0 Å². The minimum Gasteiger partial charge on any atom is -0.412 e. The molecule has 0 saturated heterocycles. The van der Waals surface area contributed by atoms with E-state index in [1.807, 2.05) is 51.1 Å². The number of nitrogens with zero attached hydrogens (tertiary/aromatic N) is 1. The third kappa shape index (κ3) is 4.07. The number of imidazole rings is 1. The van der Waals surface area contributed by atoms with Gasteiger partial charge in [-0.3, -0.25) is 9.59 Å². The van der Waals surface area contributed by atoms with Crippen LogP contribution in [0.5, 0.6) is 0 Å². The lowest BCUT2D eigenvalue weighted by Crippen LogP contribution is -2.46. The maximum atomic E-state index is 12.4. The summed E-state index contributed by atoms with van der Waals surface area (Å²) < 4.78 is 0. The fraction of sp³-hybridized carbons (Fsp3) is 0.211. The number of H-pyrrole nitrogens is 3. The van der Waals surface area contributed by atoms with Crippen LogP contribution < -0.4 is 21.8 Å². The minimum absolute atomic E-state index is 0. The first-order valence-corrected chi connectivity index (χ1v) is 7.99. The van der Waals surface area contributed by atoms with Crippen LogP contribution >= 0.6 is 0 Å². The average molecular weight is 354 g/mol. The van der Waals surface area contributed by atoms with E-state index in [0.717, 1.165) is 11.3 Å². The highest BCUT2D eigenvalue weighted by Crippen LogP contribution is 2.22. The van der Waals surface area contributed by atoms with E-state index in [0.29, 0.717) is 5.69 Å². The van der Waals surface area contributed by atoms with Crippen LogP contribution in [0.15, 0.2) is 46.2 Å². The Morgan fingerprint density at radius 3 is 2.08 bits per heavy atom. The summed E-state index contributed by atoms with van der Waals surface area (Å²) in [5.74, 6) is 0. The molecule has 0 bridgehead atoms. The maximum absolute atomic E-state index is 12.4. The van der Waals surface area contributed by atoms with Crippen molar-refractivity contribution in [3.8, 4) is 0 Å². The Balaban J connectivity index is 0.00000243. The average Bonchev–Trinajstić information content (AvgIpc) is 3.02. The molecule has 0 aliphatic carbocycles. The van der Waals surface area contributed by atoms with E-state index in [1.165, 1.54) is 0 Å². The molecule has 0 amide bonds. The zero-order valence-electron chi connectivity index (χ0n) is 14.9. The second-order valence-corrected chi connectivity index (χ2v) is 6.85. The lowest BCUT2D eigenvalue weighted by molar-refractivity contribution is 0.571. The third-order valence-electron chi connectivity index (χ3n) is 3.80. The van der Waals surface area contributed by atoms with Crippen LogP contribution in [0.3, 0.4) is 0 Å². The number of hydrogen-bond donors (Lipinski definition) is 3. The normalized spacial score (nSPS) is 12.9. The van der Waals surface area contributed by atoms with Crippen LogP contribution in [0.2, 0.25) is 0 Å².